The van der Waals surface area contributed by atoms with Crippen LogP contribution in [-0.2, 0) is 4.79 Å². The van der Waals surface area contributed by atoms with E-state index < -0.39 is 0 Å². The highest BCUT2D eigenvalue weighted by atomic mass is 16.5. The largest absolute Gasteiger partial charge is 0.421 e. The zero-order chi connectivity index (χ0) is 14.3. The second-order valence-electron chi connectivity index (χ2n) is 4.85. The van der Waals surface area contributed by atoms with E-state index in [2.05, 4.69) is 10.2 Å². The normalized spacial score (nSPS) is 17.6. The molecule has 1 aliphatic rings. The number of ketones is 1. The van der Waals surface area contributed by atoms with Gasteiger partial charge in [0.1, 0.15) is 0 Å². The number of aromatic amines is 1. The number of Topliss-reactive ketones (excluding diaryl/α,β-unsaturated/α-hetero) is 1. The number of allylic oxidation sites excluding steroid dienone is 1. The van der Waals surface area contributed by atoms with Crippen molar-refractivity contribution in [1.82, 2.24) is 10.2 Å². The minimum absolute atomic E-state index is 0.0948. The van der Waals surface area contributed by atoms with Crippen LogP contribution < -0.4 is 10.5 Å². The van der Waals surface area contributed by atoms with Crippen molar-refractivity contribution >= 4 is 5.78 Å². The van der Waals surface area contributed by atoms with Crippen molar-refractivity contribution in [3.63, 3.8) is 0 Å². The van der Waals surface area contributed by atoms with Gasteiger partial charge in [-0.3, -0.25) is 9.89 Å². The molecule has 5 heteroatoms. The van der Waals surface area contributed by atoms with Crippen molar-refractivity contribution in [1.29, 1.82) is 0 Å². The Morgan fingerprint density at radius 2 is 2.05 bits per heavy atom. The summed E-state index contributed by atoms with van der Waals surface area (Å²) in [5, 5.41) is 6.99. The number of nitrogens with one attached hydrogen (secondary N) is 1. The molecule has 0 amide bonds. The van der Waals surface area contributed by atoms with Gasteiger partial charge in [0.2, 0.25) is 11.8 Å². The van der Waals surface area contributed by atoms with Crippen molar-refractivity contribution in [3.05, 3.63) is 58.6 Å². The number of nitrogens with two attached hydrogens (primary N) is 1. The third-order valence-corrected chi connectivity index (χ3v) is 3.52. The molecular weight excluding hydrogens is 254 g/mol. The van der Waals surface area contributed by atoms with Gasteiger partial charge in [0.05, 0.1) is 5.57 Å². The quantitative estimate of drug-likeness (QED) is 0.873. The van der Waals surface area contributed by atoms with Crippen molar-refractivity contribution in [2.45, 2.75) is 19.8 Å². The lowest BCUT2D eigenvalue weighted by Crippen LogP contribution is -2.25. The van der Waals surface area contributed by atoms with E-state index in [0.717, 1.165) is 16.8 Å². The first-order valence-corrected chi connectivity index (χ1v) is 6.37. The molecule has 2 aromatic rings. The molecule has 20 heavy (non-hydrogen) atoms. The van der Waals surface area contributed by atoms with Gasteiger partial charge in [-0.05, 0) is 19.4 Å². The van der Waals surface area contributed by atoms with Crippen molar-refractivity contribution in [2.75, 3.05) is 0 Å². The molecule has 3 rings (SSSR count). The lowest BCUT2D eigenvalue weighted by Gasteiger charge is -2.25. The minimum atomic E-state index is -0.240. The van der Waals surface area contributed by atoms with E-state index in [1.807, 2.05) is 37.3 Å². The highest BCUT2D eigenvalue weighted by molar-refractivity contribution is 5.96. The van der Waals surface area contributed by atoms with Crippen LogP contribution >= 0.6 is 0 Å². The first kappa shape index (κ1) is 12.5. The number of fused-ring (bicyclic) bond motifs is 1. The number of carbonyl (C=O) groups excluding carboxylic acids is 1. The van der Waals surface area contributed by atoms with E-state index in [4.69, 9.17) is 10.5 Å². The number of aryl methyl sites for hydroxylation is 1. The molecule has 1 atom stereocenters. The van der Waals surface area contributed by atoms with Crippen LogP contribution in [0.3, 0.4) is 0 Å². The van der Waals surface area contributed by atoms with Gasteiger partial charge in [0, 0.05) is 17.2 Å². The van der Waals surface area contributed by atoms with Gasteiger partial charge < -0.3 is 10.5 Å². The molecule has 0 aliphatic carbocycles. The number of aromatic nitrogens is 2. The van der Waals surface area contributed by atoms with Crippen LogP contribution in [0.5, 0.6) is 5.88 Å². The Morgan fingerprint density at radius 3 is 2.70 bits per heavy atom. The number of ether oxygens (including phenoxy) is 1. The second kappa shape index (κ2) is 4.52. The molecule has 102 valence electrons. The number of carbonyl (C=O) groups is 1. The van der Waals surface area contributed by atoms with Gasteiger partial charge >= 0.3 is 0 Å². The molecular formula is C15H15N3O2. The molecule has 3 N–H and O–H groups in total. The Balaban J connectivity index is 2.25. The highest BCUT2D eigenvalue weighted by Gasteiger charge is 2.35. The smallest absolute Gasteiger partial charge is 0.244 e. The van der Waals surface area contributed by atoms with E-state index in [-0.39, 0.29) is 17.6 Å². The Bertz CT molecular complexity index is 701. The van der Waals surface area contributed by atoms with Crippen LogP contribution in [0.1, 0.15) is 29.7 Å². The lowest BCUT2D eigenvalue weighted by molar-refractivity contribution is -0.114. The zero-order valence-electron chi connectivity index (χ0n) is 11.3. The number of rotatable bonds is 2. The van der Waals surface area contributed by atoms with Crippen molar-refractivity contribution in [3.8, 4) is 5.88 Å². The fourth-order valence-electron chi connectivity index (χ4n) is 2.63. The van der Waals surface area contributed by atoms with Crippen molar-refractivity contribution in [2.24, 2.45) is 5.73 Å². The molecule has 0 bridgehead atoms. The maximum atomic E-state index is 12.0. The number of hydrogen-bond donors (Lipinski definition) is 2. The summed E-state index contributed by atoms with van der Waals surface area (Å²) in [6.45, 7) is 3.41. The Kier molecular flexibility index (Phi) is 2.82. The molecule has 0 fully saturated rings. The van der Waals surface area contributed by atoms with Crippen molar-refractivity contribution < 1.29 is 9.53 Å². The van der Waals surface area contributed by atoms with Gasteiger partial charge in [-0.25, -0.2) is 0 Å². The average Bonchev–Trinajstić information content (AvgIpc) is 2.79. The average molecular weight is 269 g/mol. The zero-order valence-corrected chi connectivity index (χ0v) is 11.3. The topological polar surface area (TPSA) is 81.0 Å². The molecule has 5 nitrogen and oxygen atoms in total. The molecule has 1 aromatic carbocycles. The van der Waals surface area contributed by atoms with E-state index in [1.54, 1.807) is 0 Å². The van der Waals surface area contributed by atoms with Gasteiger partial charge in [-0.2, -0.15) is 0 Å². The van der Waals surface area contributed by atoms with Gasteiger partial charge in [-0.15, -0.1) is 5.10 Å². The van der Waals surface area contributed by atoms with Gasteiger partial charge in [0.25, 0.3) is 0 Å². The third-order valence-electron chi connectivity index (χ3n) is 3.52. The molecule has 0 spiro atoms. The molecule has 1 aromatic heterocycles. The summed E-state index contributed by atoms with van der Waals surface area (Å²) in [7, 11) is 0. The molecule has 2 heterocycles. The van der Waals surface area contributed by atoms with Gasteiger partial charge in [-0.1, -0.05) is 30.3 Å². The summed E-state index contributed by atoms with van der Waals surface area (Å²) < 4.78 is 5.47. The first-order valence-electron chi connectivity index (χ1n) is 6.37. The number of nitrogens with zero attached hydrogens (tertiary/aromatic N) is 1. The van der Waals surface area contributed by atoms with Crippen LogP contribution in [0.25, 0.3) is 0 Å². The first-order chi connectivity index (χ1) is 9.59. The summed E-state index contributed by atoms with van der Waals surface area (Å²) in [6, 6.07) is 9.76. The Morgan fingerprint density at radius 1 is 1.35 bits per heavy atom. The van der Waals surface area contributed by atoms with Crippen LogP contribution in [0, 0.1) is 6.92 Å². The molecule has 0 saturated carbocycles. The van der Waals surface area contributed by atoms with E-state index >= 15 is 0 Å². The third kappa shape index (κ3) is 1.79. The fraction of sp³-hybridized carbons (Fsp3) is 0.200. The lowest BCUT2D eigenvalue weighted by atomic mass is 9.82. The Hall–Kier alpha value is -2.56. The second-order valence-corrected chi connectivity index (χ2v) is 4.85. The predicted octanol–water partition coefficient (Wildman–Crippen LogP) is 2.00. The molecule has 1 unspecified atom stereocenters. The van der Waals surface area contributed by atoms with Crippen LogP contribution in [-0.4, -0.2) is 16.0 Å². The van der Waals surface area contributed by atoms with Crippen LogP contribution in [0.2, 0.25) is 0 Å². The van der Waals surface area contributed by atoms with E-state index in [1.165, 1.54) is 6.92 Å². The summed E-state index contributed by atoms with van der Waals surface area (Å²) in [6.07, 6.45) is 0. The minimum Gasteiger partial charge on any atom is -0.421 e. The SMILES string of the molecule is CC(=O)C1=C(N)Oc2n[nH]c(C)c2C1c1ccccc1. The molecule has 0 saturated heterocycles. The molecule has 0 radical (unpaired) electrons. The fourth-order valence-corrected chi connectivity index (χ4v) is 2.63. The summed E-state index contributed by atoms with van der Waals surface area (Å²) in [5.41, 5.74) is 9.14. The Labute approximate surface area is 116 Å². The summed E-state index contributed by atoms with van der Waals surface area (Å²) >= 11 is 0. The maximum absolute atomic E-state index is 12.0. The van der Waals surface area contributed by atoms with E-state index in [9.17, 15) is 4.79 Å². The van der Waals surface area contributed by atoms with E-state index in [0.29, 0.717) is 11.5 Å². The maximum Gasteiger partial charge on any atom is 0.244 e. The predicted molar refractivity (Wildman–Crippen MR) is 74.1 cm³/mol. The van der Waals surface area contributed by atoms with Gasteiger partial charge in [0.15, 0.2) is 5.78 Å². The van der Waals surface area contributed by atoms with Crippen LogP contribution in [0.4, 0.5) is 0 Å². The van der Waals surface area contributed by atoms with Crippen LogP contribution in [0.15, 0.2) is 41.8 Å². The number of hydrogen-bond acceptors (Lipinski definition) is 4. The number of benzene rings is 1. The monoisotopic (exact) mass is 269 g/mol. The highest BCUT2D eigenvalue weighted by Crippen LogP contribution is 2.42. The summed E-state index contributed by atoms with van der Waals surface area (Å²) in [5.74, 6) is 0.239. The number of H-pyrrole nitrogens is 1. The molecule has 1 aliphatic heterocycles. The summed E-state index contributed by atoms with van der Waals surface area (Å²) in [4.78, 5) is 12.0. The standard InChI is InChI=1S/C15H15N3O2/c1-8-11-13(10-6-4-3-5-7-10)12(9(2)19)14(16)20-15(11)18-17-8/h3-7,13H,16H2,1-2H3,(H,17,18).